The van der Waals surface area contributed by atoms with Gasteiger partial charge < -0.3 is 10.1 Å². The van der Waals surface area contributed by atoms with Gasteiger partial charge in [0.05, 0.1) is 6.10 Å². The Bertz CT molecular complexity index is 304. The van der Waals surface area contributed by atoms with E-state index in [9.17, 15) is 0 Å². The molecule has 1 rings (SSSR count). The molecule has 1 unspecified atom stereocenters. The van der Waals surface area contributed by atoms with Crippen LogP contribution >= 0.6 is 11.8 Å². The lowest BCUT2D eigenvalue weighted by Gasteiger charge is -2.13. The topological polar surface area (TPSA) is 21.3 Å². The second-order valence-electron chi connectivity index (χ2n) is 3.78. The molecule has 0 aromatic heterocycles. The zero-order chi connectivity index (χ0) is 11.8. The number of benzene rings is 1. The van der Waals surface area contributed by atoms with Crippen molar-refractivity contribution in [1.82, 2.24) is 0 Å². The summed E-state index contributed by atoms with van der Waals surface area (Å²) in [6.45, 7) is 5.22. The predicted molar refractivity (Wildman–Crippen MR) is 73.7 cm³/mol. The third kappa shape index (κ3) is 4.79. The minimum atomic E-state index is 0.279. The Morgan fingerprint density at radius 2 is 2.25 bits per heavy atom. The summed E-state index contributed by atoms with van der Waals surface area (Å²) in [5, 5.41) is 3.38. The maximum atomic E-state index is 5.77. The predicted octanol–water partition coefficient (Wildman–Crippen LogP) is 3.64. The third-order valence-corrected chi connectivity index (χ3v) is 2.99. The summed E-state index contributed by atoms with van der Waals surface area (Å²) >= 11 is 1.85. The standard InChI is InChI=1S/C13H21NOS/c1-4-11(2)15-13-7-5-6-12(10-13)14-8-9-16-3/h5-7,10-11,14H,4,8-9H2,1-3H3. The van der Waals surface area contributed by atoms with Crippen LogP contribution in [0.25, 0.3) is 0 Å². The van der Waals surface area contributed by atoms with Crippen molar-refractivity contribution in [3.63, 3.8) is 0 Å². The summed E-state index contributed by atoms with van der Waals surface area (Å²) < 4.78 is 5.77. The molecule has 1 aromatic rings. The van der Waals surface area contributed by atoms with Gasteiger partial charge in [-0.3, -0.25) is 0 Å². The molecular weight excluding hydrogens is 218 g/mol. The first kappa shape index (κ1) is 13.2. The third-order valence-electron chi connectivity index (χ3n) is 2.38. The molecule has 1 N–H and O–H groups in total. The van der Waals surface area contributed by atoms with Crippen molar-refractivity contribution >= 4 is 17.4 Å². The lowest BCUT2D eigenvalue weighted by molar-refractivity contribution is 0.217. The molecule has 0 bridgehead atoms. The van der Waals surface area contributed by atoms with Gasteiger partial charge in [0, 0.05) is 24.1 Å². The van der Waals surface area contributed by atoms with Gasteiger partial charge in [-0.2, -0.15) is 11.8 Å². The molecule has 0 aliphatic rings. The van der Waals surface area contributed by atoms with Crippen LogP contribution in [-0.2, 0) is 0 Å². The maximum absolute atomic E-state index is 5.77. The Morgan fingerprint density at radius 3 is 2.94 bits per heavy atom. The average Bonchev–Trinajstić information content (AvgIpc) is 2.30. The van der Waals surface area contributed by atoms with Crippen molar-refractivity contribution in [3.05, 3.63) is 24.3 Å². The maximum Gasteiger partial charge on any atom is 0.121 e. The summed E-state index contributed by atoms with van der Waals surface area (Å²) in [6.07, 6.45) is 3.43. The van der Waals surface area contributed by atoms with Gasteiger partial charge in [-0.25, -0.2) is 0 Å². The van der Waals surface area contributed by atoms with E-state index in [-0.39, 0.29) is 6.10 Å². The van der Waals surface area contributed by atoms with Crippen molar-refractivity contribution < 1.29 is 4.74 Å². The second kappa shape index (κ2) is 7.44. The largest absolute Gasteiger partial charge is 0.491 e. The number of ether oxygens (including phenoxy) is 1. The van der Waals surface area contributed by atoms with Gasteiger partial charge in [-0.15, -0.1) is 0 Å². The van der Waals surface area contributed by atoms with E-state index in [0.29, 0.717) is 0 Å². The van der Waals surface area contributed by atoms with Gasteiger partial charge in [-0.1, -0.05) is 13.0 Å². The van der Waals surface area contributed by atoms with Crippen LogP contribution in [-0.4, -0.2) is 24.7 Å². The van der Waals surface area contributed by atoms with Gasteiger partial charge in [0.2, 0.25) is 0 Å². The zero-order valence-electron chi connectivity index (χ0n) is 10.3. The Hall–Kier alpha value is -0.830. The Morgan fingerprint density at radius 1 is 1.44 bits per heavy atom. The fraction of sp³-hybridized carbons (Fsp3) is 0.538. The normalized spacial score (nSPS) is 12.2. The first-order chi connectivity index (χ1) is 7.76. The Labute approximate surface area is 103 Å². The number of anilines is 1. The molecule has 3 heteroatoms. The van der Waals surface area contributed by atoms with Crippen LogP contribution in [0.3, 0.4) is 0 Å². The molecule has 0 aliphatic carbocycles. The summed E-state index contributed by atoms with van der Waals surface area (Å²) in [6, 6.07) is 8.17. The first-order valence-corrected chi connectivity index (χ1v) is 7.15. The molecule has 0 heterocycles. The minimum Gasteiger partial charge on any atom is -0.491 e. The van der Waals surface area contributed by atoms with Crippen molar-refractivity contribution in [2.75, 3.05) is 23.9 Å². The molecule has 0 spiro atoms. The summed E-state index contributed by atoms with van der Waals surface area (Å²) in [5.74, 6) is 2.07. The molecule has 1 aromatic carbocycles. The fourth-order valence-electron chi connectivity index (χ4n) is 1.29. The van der Waals surface area contributed by atoms with Gasteiger partial charge in [0.15, 0.2) is 0 Å². The van der Waals surface area contributed by atoms with Crippen LogP contribution in [0, 0.1) is 0 Å². The number of hydrogen-bond acceptors (Lipinski definition) is 3. The smallest absolute Gasteiger partial charge is 0.121 e. The number of thioether (sulfide) groups is 1. The lowest BCUT2D eigenvalue weighted by Crippen LogP contribution is -2.10. The van der Waals surface area contributed by atoms with Crippen molar-refractivity contribution in [3.8, 4) is 5.75 Å². The molecule has 0 saturated heterocycles. The van der Waals surface area contributed by atoms with Crippen LogP contribution in [0.1, 0.15) is 20.3 Å². The monoisotopic (exact) mass is 239 g/mol. The highest BCUT2D eigenvalue weighted by Gasteiger charge is 2.01. The number of nitrogens with one attached hydrogen (secondary N) is 1. The van der Waals surface area contributed by atoms with E-state index in [1.807, 2.05) is 23.9 Å². The van der Waals surface area contributed by atoms with E-state index in [1.54, 1.807) is 0 Å². The highest BCUT2D eigenvalue weighted by atomic mass is 32.2. The molecule has 2 nitrogen and oxygen atoms in total. The highest BCUT2D eigenvalue weighted by Crippen LogP contribution is 2.19. The summed E-state index contributed by atoms with van der Waals surface area (Å²) in [5.41, 5.74) is 1.13. The SMILES string of the molecule is CCC(C)Oc1cccc(NCCSC)c1. The van der Waals surface area contributed by atoms with Crippen LogP contribution in [0.2, 0.25) is 0 Å². The fourth-order valence-corrected chi connectivity index (χ4v) is 1.60. The van der Waals surface area contributed by atoms with Gasteiger partial charge in [0.25, 0.3) is 0 Å². The van der Waals surface area contributed by atoms with Crippen molar-refractivity contribution in [2.45, 2.75) is 26.4 Å². The van der Waals surface area contributed by atoms with E-state index in [4.69, 9.17) is 4.74 Å². The molecule has 0 radical (unpaired) electrons. The minimum absolute atomic E-state index is 0.279. The van der Waals surface area contributed by atoms with E-state index >= 15 is 0 Å². The zero-order valence-corrected chi connectivity index (χ0v) is 11.1. The van der Waals surface area contributed by atoms with Crippen LogP contribution < -0.4 is 10.1 Å². The molecular formula is C13H21NOS. The quantitative estimate of drug-likeness (QED) is 0.734. The van der Waals surface area contributed by atoms with Gasteiger partial charge in [-0.05, 0) is 31.7 Å². The highest BCUT2D eigenvalue weighted by molar-refractivity contribution is 7.98. The molecule has 0 aliphatic heterocycles. The molecule has 0 fully saturated rings. The van der Waals surface area contributed by atoms with E-state index in [2.05, 4.69) is 37.6 Å². The first-order valence-electron chi connectivity index (χ1n) is 5.75. The molecule has 90 valence electrons. The van der Waals surface area contributed by atoms with Crippen LogP contribution in [0.15, 0.2) is 24.3 Å². The van der Waals surface area contributed by atoms with Crippen molar-refractivity contribution in [1.29, 1.82) is 0 Å². The van der Waals surface area contributed by atoms with E-state index in [0.717, 1.165) is 30.2 Å². The van der Waals surface area contributed by atoms with E-state index in [1.165, 1.54) is 0 Å². The molecule has 0 amide bonds. The Kier molecular flexibility index (Phi) is 6.16. The summed E-state index contributed by atoms with van der Waals surface area (Å²) in [4.78, 5) is 0. The van der Waals surface area contributed by atoms with Gasteiger partial charge in [0.1, 0.15) is 5.75 Å². The van der Waals surface area contributed by atoms with E-state index < -0.39 is 0 Å². The summed E-state index contributed by atoms with van der Waals surface area (Å²) in [7, 11) is 0. The average molecular weight is 239 g/mol. The van der Waals surface area contributed by atoms with Crippen molar-refractivity contribution in [2.24, 2.45) is 0 Å². The Balaban J connectivity index is 2.50. The van der Waals surface area contributed by atoms with Crippen LogP contribution in [0.4, 0.5) is 5.69 Å². The number of hydrogen-bond donors (Lipinski definition) is 1. The molecule has 16 heavy (non-hydrogen) atoms. The molecule has 0 saturated carbocycles. The van der Waals surface area contributed by atoms with Crippen LogP contribution in [0.5, 0.6) is 5.75 Å². The molecule has 1 atom stereocenters. The number of rotatable bonds is 7. The lowest BCUT2D eigenvalue weighted by atomic mass is 10.3. The second-order valence-corrected chi connectivity index (χ2v) is 4.77. The van der Waals surface area contributed by atoms with Gasteiger partial charge >= 0.3 is 0 Å².